The Kier molecular flexibility index (Phi) is 11.0. The first kappa shape index (κ1) is 52.3. The molecule has 89 heavy (non-hydrogen) atoms. The fourth-order valence-corrected chi connectivity index (χ4v) is 20.1. The number of rotatable bonds is 6. The molecule has 3 saturated carbocycles. The minimum atomic E-state index is 0.0147. The number of hydrogen-bond donors (Lipinski definition) is 0. The van der Waals surface area contributed by atoms with Gasteiger partial charge in [-0.3, -0.25) is 0 Å². The van der Waals surface area contributed by atoms with E-state index in [0.29, 0.717) is 35.5 Å². The molecule has 13 aromatic rings. The summed E-state index contributed by atoms with van der Waals surface area (Å²) >= 11 is 0. The Morgan fingerprint density at radius 3 is 1.02 bits per heavy atom. The first-order chi connectivity index (χ1) is 43.4. The molecule has 0 spiro atoms. The highest BCUT2D eigenvalue weighted by atomic mass is 15.3. The van der Waals surface area contributed by atoms with Crippen LogP contribution >= 0.6 is 0 Å². The molecule has 0 saturated heterocycles. The summed E-state index contributed by atoms with van der Waals surface area (Å²) in [6.45, 7) is 15.1. The molecule has 9 atom stereocenters. The molecule has 13 aromatic carbocycles. The van der Waals surface area contributed by atoms with Crippen LogP contribution in [0.5, 0.6) is 0 Å². The number of para-hydroxylation sites is 3. The van der Waals surface area contributed by atoms with Crippen molar-refractivity contribution in [1.29, 1.82) is 0 Å². The lowest BCUT2D eigenvalue weighted by Crippen LogP contribution is -2.46. The van der Waals surface area contributed by atoms with Crippen LogP contribution in [-0.2, 0) is 0 Å². The van der Waals surface area contributed by atoms with Gasteiger partial charge in [0.05, 0.1) is 0 Å². The molecule has 9 unspecified atom stereocenters. The highest BCUT2D eigenvalue weighted by molar-refractivity contribution is 6.39. The van der Waals surface area contributed by atoms with E-state index < -0.39 is 0 Å². The molecule has 0 bridgehead atoms. The summed E-state index contributed by atoms with van der Waals surface area (Å²) in [5.74, 6) is 3.46. The number of hydrogen-bond acceptors (Lipinski definition) is 3. The average molecular weight is 1150 g/mol. The molecule has 0 radical (unpaired) electrons. The van der Waals surface area contributed by atoms with Gasteiger partial charge in [-0.2, -0.15) is 0 Å². The van der Waals surface area contributed by atoms with Crippen LogP contribution in [0.3, 0.4) is 0 Å². The van der Waals surface area contributed by atoms with Crippen molar-refractivity contribution in [3.63, 3.8) is 0 Å². The van der Waals surface area contributed by atoms with Gasteiger partial charge >= 0.3 is 0 Å². The summed E-state index contributed by atoms with van der Waals surface area (Å²) in [5.41, 5.74) is 20.7. The second-order valence-corrected chi connectivity index (χ2v) is 29.6. The molecule has 3 aliphatic carbocycles. The first-order valence-corrected chi connectivity index (χ1v) is 33.8. The van der Waals surface area contributed by atoms with Crippen LogP contribution in [0.15, 0.2) is 212 Å². The molecule has 0 amide bonds. The Morgan fingerprint density at radius 1 is 0.292 bits per heavy atom. The van der Waals surface area contributed by atoms with E-state index in [1.54, 1.807) is 0 Å². The van der Waals surface area contributed by atoms with Crippen molar-refractivity contribution in [3.8, 4) is 33.4 Å². The molecule has 3 heteroatoms. The lowest BCUT2D eigenvalue weighted by molar-refractivity contribution is 0.237. The first-order valence-electron chi connectivity index (χ1n) is 33.8. The topological polar surface area (TPSA) is 9.72 Å². The summed E-state index contributed by atoms with van der Waals surface area (Å²) in [4.78, 5) is 8.14. The lowest BCUT2D eigenvalue weighted by atomic mass is 9.69. The molecule has 3 nitrogen and oxygen atoms in total. The van der Waals surface area contributed by atoms with Crippen molar-refractivity contribution >= 4 is 98.8 Å². The molecule has 19 rings (SSSR count). The molecule has 0 aromatic heterocycles. The van der Waals surface area contributed by atoms with E-state index in [9.17, 15) is 0 Å². The van der Waals surface area contributed by atoms with E-state index >= 15 is 0 Å². The van der Waals surface area contributed by atoms with Crippen molar-refractivity contribution in [2.45, 2.75) is 134 Å². The van der Waals surface area contributed by atoms with E-state index in [1.807, 2.05) is 0 Å². The number of anilines is 6. The zero-order chi connectivity index (χ0) is 59.4. The van der Waals surface area contributed by atoms with Gasteiger partial charge in [0, 0.05) is 68.5 Å². The standard InChI is InChI=1S/C86H77N3/c1-51-37-40-84(4)75(43-51)72-46-54(25-34-78(72)87(84)57-17-10-7-11-18-57)60-28-31-65-69-50-71-67-33-30-62(56-27-36-80-74(48-56)77-45-53(3)39-42-86(77,6)89(80)59-21-14-9-15-22-59)82-61(29-32-66(83(67)82)70(71)49-68(69)64-24-16-23-63(60)81(64)65)55-26-35-79-73(47-55)76-44-52(2)38-41-85(76,5)88(79)58-19-12-8-13-20-58/h7-36,46-53,75-77H,37-45H2,1-6H3. The van der Waals surface area contributed by atoms with Gasteiger partial charge in [-0.25, -0.2) is 0 Å². The summed E-state index contributed by atoms with van der Waals surface area (Å²) in [6, 6.07) is 83.6. The van der Waals surface area contributed by atoms with E-state index in [0.717, 1.165) is 0 Å². The van der Waals surface area contributed by atoms with Gasteiger partial charge in [0.1, 0.15) is 0 Å². The zero-order valence-corrected chi connectivity index (χ0v) is 52.4. The number of fused-ring (bicyclic) bond motifs is 15. The van der Waals surface area contributed by atoms with Crippen LogP contribution < -0.4 is 14.7 Å². The zero-order valence-electron chi connectivity index (χ0n) is 52.4. The Labute approximate surface area is 524 Å². The average Bonchev–Trinajstić information content (AvgIpc) is 1.59. The van der Waals surface area contributed by atoms with Crippen molar-refractivity contribution in [2.75, 3.05) is 14.7 Å². The third-order valence-corrected chi connectivity index (χ3v) is 24.6. The maximum Gasteiger partial charge on any atom is 0.0492 e. The van der Waals surface area contributed by atoms with E-state index in [2.05, 4.69) is 269 Å². The Bertz CT molecular complexity index is 4830. The third kappa shape index (κ3) is 7.17. The maximum atomic E-state index is 2.72. The predicted octanol–water partition coefficient (Wildman–Crippen LogP) is 23.9. The van der Waals surface area contributed by atoms with Crippen LogP contribution in [0, 0.1) is 17.8 Å². The summed E-state index contributed by atoms with van der Waals surface area (Å²) in [7, 11) is 0. The highest BCUT2D eigenvalue weighted by Gasteiger charge is 2.54. The minimum absolute atomic E-state index is 0.0147. The van der Waals surface area contributed by atoms with Gasteiger partial charge in [-0.15, -0.1) is 0 Å². The quantitative estimate of drug-likeness (QED) is 0.164. The van der Waals surface area contributed by atoms with Crippen LogP contribution in [0.4, 0.5) is 34.1 Å². The molecule has 3 heterocycles. The molecular formula is C86H77N3. The van der Waals surface area contributed by atoms with Gasteiger partial charge in [-0.05, 0) is 296 Å². The summed E-state index contributed by atoms with van der Waals surface area (Å²) in [6.07, 6.45) is 11.0. The predicted molar refractivity (Wildman–Crippen MR) is 378 cm³/mol. The van der Waals surface area contributed by atoms with Crippen molar-refractivity contribution in [2.24, 2.45) is 17.8 Å². The normalized spacial score (nSPS) is 26.2. The minimum Gasteiger partial charge on any atom is -0.335 e. The molecular weight excluding hydrogens is 1070 g/mol. The Hall–Kier alpha value is -8.66. The van der Waals surface area contributed by atoms with E-state index in [4.69, 9.17) is 0 Å². The fourth-order valence-electron chi connectivity index (χ4n) is 20.1. The molecule has 3 aliphatic heterocycles. The van der Waals surface area contributed by atoms with Crippen LogP contribution in [0.1, 0.15) is 134 Å². The molecule has 436 valence electrons. The molecule has 6 aliphatic rings. The third-order valence-electron chi connectivity index (χ3n) is 24.6. The van der Waals surface area contributed by atoms with Gasteiger partial charge in [-0.1, -0.05) is 148 Å². The smallest absolute Gasteiger partial charge is 0.0492 e. The molecule has 3 fully saturated rings. The van der Waals surface area contributed by atoms with Gasteiger partial charge in [0.15, 0.2) is 0 Å². The van der Waals surface area contributed by atoms with E-state index in [1.165, 1.54) is 207 Å². The lowest BCUT2D eigenvalue weighted by Gasteiger charge is -2.45. The van der Waals surface area contributed by atoms with Gasteiger partial charge < -0.3 is 14.7 Å². The van der Waals surface area contributed by atoms with Crippen molar-refractivity contribution in [1.82, 2.24) is 0 Å². The second-order valence-electron chi connectivity index (χ2n) is 29.6. The van der Waals surface area contributed by atoms with Crippen LogP contribution in [-0.4, -0.2) is 16.6 Å². The monoisotopic (exact) mass is 1150 g/mol. The number of benzene rings is 11. The highest BCUT2D eigenvalue weighted by Crippen LogP contribution is 2.63. The fraction of sp³-hybridized carbons (Fsp3) is 0.279. The Morgan fingerprint density at radius 2 is 0.629 bits per heavy atom. The van der Waals surface area contributed by atoms with Gasteiger partial charge in [0.2, 0.25) is 0 Å². The Balaban J connectivity index is 0.804. The van der Waals surface area contributed by atoms with Crippen molar-refractivity contribution < 1.29 is 0 Å². The number of nitrogens with zero attached hydrogens (tertiary/aromatic N) is 3. The van der Waals surface area contributed by atoms with Crippen LogP contribution in [0.25, 0.3) is 98.0 Å². The maximum absolute atomic E-state index is 2.72. The van der Waals surface area contributed by atoms with Gasteiger partial charge in [0.25, 0.3) is 0 Å². The summed E-state index contributed by atoms with van der Waals surface area (Å²) in [5, 5.41) is 16.3. The second kappa shape index (κ2) is 18.7. The summed E-state index contributed by atoms with van der Waals surface area (Å²) < 4.78 is 0. The largest absolute Gasteiger partial charge is 0.335 e. The SMILES string of the molecule is CC1CCC2(C)C(C1)c1cc(-c3ccc4c5cc6c(cc5c5cccc3c54)c3ccc(-c4ccc5c(c4)C4CC(C)CCC4(C)N5c4ccccc4)c4c(-c5ccc7c(c5)C5CC(C)CCC5(C)N7c5ccccc5)ccc6c43)ccc1N2c1ccccc1. The van der Waals surface area contributed by atoms with E-state index in [-0.39, 0.29) is 16.6 Å². The van der Waals surface area contributed by atoms with Crippen molar-refractivity contribution in [3.05, 3.63) is 229 Å². The van der Waals surface area contributed by atoms with Crippen LogP contribution in [0.2, 0.25) is 0 Å². The molecule has 0 N–H and O–H groups in total.